The Bertz CT molecular complexity index is 1020. The fourth-order valence-corrected chi connectivity index (χ4v) is 2.73. The van der Waals surface area contributed by atoms with Gasteiger partial charge >= 0.3 is 0 Å². The lowest BCUT2D eigenvalue weighted by atomic mass is 10.0. The Kier molecular flexibility index (Phi) is 5.09. The highest BCUT2D eigenvalue weighted by atomic mass is 35.5. The molecule has 5 nitrogen and oxygen atoms in total. The first-order chi connectivity index (χ1) is 12.5. The Balaban J connectivity index is 1.84. The van der Waals surface area contributed by atoms with Crippen LogP contribution in [0.2, 0.25) is 5.02 Å². The zero-order chi connectivity index (χ0) is 18.7. The summed E-state index contributed by atoms with van der Waals surface area (Å²) in [6, 6.07) is 16.4. The van der Waals surface area contributed by atoms with Crippen LogP contribution in [0.4, 0.5) is 5.69 Å². The van der Waals surface area contributed by atoms with Gasteiger partial charge in [0.1, 0.15) is 5.75 Å². The van der Waals surface area contributed by atoms with E-state index < -0.39 is 5.97 Å². The number of hydrazone groups is 1. The topological polar surface area (TPSA) is 73.8 Å². The van der Waals surface area contributed by atoms with Crippen LogP contribution in [0.5, 0.6) is 5.75 Å². The van der Waals surface area contributed by atoms with Crippen LogP contribution in [0.1, 0.15) is 22.8 Å². The zero-order valence-electron chi connectivity index (χ0n) is 14.2. The van der Waals surface area contributed by atoms with Crippen LogP contribution in [0, 0.1) is 0 Å². The molecule has 132 valence electrons. The Morgan fingerprint density at radius 3 is 2.54 bits per heavy atom. The van der Waals surface area contributed by atoms with Gasteiger partial charge in [0.05, 0.1) is 24.5 Å². The van der Waals surface area contributed by atoms with Crippen molar-refractivity contribution in [2.75, 3.05) is 12.5 Å². The van der Waals surface area contributed by atoms with E-state index in [1.54, 1.807) is 13.2 Å². The number of hydrogen-bond donors (Lipinski definition) is 1. The summed E-state index contributed by atoms with van der Waals surface area (Å²) in [5, 5.41) is 17.6. The molecule has 1 N–H and O–H groups in total. The summed E-state index contributed by atoms with van der Waals surface area (Å²) in [6.45, 7) is 1.87. The second kappa shape index (κ2) is 7.45. The standard InChI is InChI=1S/C20H17ClN2O3/c1-12(22-23-16-6-8-19(21)18(11-16)20(24)25)13-3-4-15-10-17(26-2)7-5-14(15)9-13/h3-11,23H,1-2H3,(H,24,25)/p-1/b22-12-. The SMILES string of the molecule is COc1ccc2cc(/C(C)=N\Nc3ccc(Cl)c(C(=O)[O-])c3)ccc2c1. The average molecular weight is 368 g/mol. The molecule has 0 aliphatic heterocycles. The first-order valence-corrected chi connectivity index (χ1v) is 8.25. The van der Waals surface area contributed by atoms with Crippen molar-refractivity contribution in [2.45, 2.75) is 6.92 Å². The van der Waals surface area contributed by atoms with E-state index >= 15 is 0 Å². The van der Waals surface area contributed by atoms with E-state index in [9.17, 15) is 9.90 Å². The molecule has 0 aliphatic carbocycles. The molecule has 0 spiro atoms. The second-order valence-electron chi connectivity index (χ2n) is 5.72. The maximum atomic E-state index is 11.0. The van der Waals surface area contributed by atoms with Gasteiger partial charge in [-0.2, -0.15) is 5.10 Å². The number of methoxy groups -OCH3 is 1. The Morgan fingerprint density at radius 1 is 1.08 bits per heavy atom. The highest BCUT2D eigenvalue weighted by Crippen LogP contribution is 2.23. The molecule has 26 heavy (non-hydrogen) atoms. The lowest BCUT2D eigenvalue weighted by molar-refractivity contribution is -0.255. The number of carbonyl (C=O) groups is 1. The number of carboxylic acid groups (broad SMARTS) is 1. The van der Waals surface area contributed by atoms with Crippen molar-refractivity contribution in [1.82, 2.24) is 0 Å². The van der Waals surface area contributed by atoms with Crippen LogP contribution in [0.25, 0.3) is 10.8 Å². The molecule has 0 unspecified atom stereocenters. The van der Waals surface area contributed by atoms with Crippen molar-refractivity contribution in [2.24, 2.45) is 5.10 Å². The minimum atomic E-state index is -1.33. The fraction of sp³-hybridized carbons (Fsp3) is 0.100. The van der Waals surface area contributed by atoms with Gasteiger partial charge in [-0.25, -0.2) is 0 Å². The third-order valence-corrected chi connectivity index (χ3v) is 4.33. The van der Waals surface area contributed by atoms with Gasteiger partial charge in [0.15, 0.2) is 0 Å². The van der Waals surface area contributed by atoms with Gasteiger partial charge in [0.25, 0.3) is 0 Å². The second-order valence-corrected chi connectivity index (χ2v) is 6.13. The number of hydrogen-bond acceptors (Lipinski definition) is 5. The first-order valence-electron chi connectivity index (χ1n) is 7.87. The molecule has 6 heteroatoms. The molecule has 3 rings (SSSR count). The molecular weight excluding hydrogens is 352 g/mol. The molecule has 0 saturated carbocycles. The number of anilines is 1. The minimum Gasteiger partial charge on any atom is -0.545 e. The van der Waals surface area contributed by atoms with Gasteiger partial charge in [-0.05, 0) is 59.7 Å². The molecule has 0 amide bonds. The number of nitrogens with zero attached hydrogens (tertiary/aromatic N) is 1. The summed E-state index contributed by atoms with van der Waals surface area (Å²) in [4.78, 5) is 11.0. The van der Waals surface area contributed by atoms with E-state index in [1.165, 1.54) is 12.1 Å². The Hall–Kier alpha value is -3.05. The Labute approximate surface area is 155 Å². The molecule has 3 aromatic carbocycles. The van der Waals surface area contributed by atoms with Crippen molar-refractivity contribution in [1.29, 1.82) is 0 Å². The van der Waals surface area contributed by atoms with Gasteiger partial charge in [-0.15, -0.1) is 0 Å². The fourth-order valence-electron chi connectivity index (χ4n) is 2.54. The normalized spacial score (nSPS) is 11.4. The van der Waals surface area contributed by atoms with Crippen LogP contribution < -0.4 is 15.3 Å². The summed E-state index contributed by atoms with van der Waals surface area (Å²) >= 11 is 5.83. The van der Waals surface area contributed by atoms with Crippen molar-refractivity contribution in [3.05, 3.63) is 70.7 Å². The highest BCUT2D eigenvalue weighted by Gasteiger charge is 2.04. The van der Waals surface area contributed by atoms with Crippen molar-refractivity contribution < 1.29 is 14.6 Å². The third-order valence-electron chi connectivity index (χ3n) is 4.00. The number of fused-ring (bicyclic) bond motifs is 1. The number of benzene rings is 3. The van der Waals surface area contributed by atoms with Gasteiger partial charge in [0, 0.05) is 10.6 Å². The van der Waals surface area contributed by atoms with Crippen LogP contribution in [-0.2, 0) is 0 Å². The average Bonchev–Trinajstić information content (AvgIpc) is 2.65. The summed E-state index contributed by atoms with van der Waals surface area (Å²) in [5.74, 6) is -0.520. The van der Waals surface area contributed by atoms with E-state index in [-0.39, 0.29) is 10.6 Å². The van der Waals surface area contributed by atoms with Gasteiger partial charge in [-0.3, -0.25) is 5.43 Å². The van der Waals surface area contributed by atoms with Gasteiger partial charge in [-0.1, -0.05) is 29.8 Å². The summed E-state index contributed by atoms with van der Waals surface area (Å²) in [7, 11) is 1.64. The third kappa shape index (κ3) is 3.78. The van der Waals surface area contributed by atoms with Crippen molar-refractivity contribution >= 4 is 39.7 Å². The quantitative estimate of drug-likeness (QED) is 0.551. The molecule has 0 saturated heterocycles. The maximum absolute atomic E-state index is 11.0. The molecule has 3 aromatic rings. The van der Waals surface area contributed by atoms with E-state index in [2.05, 4.69) is 10.5 Å². The van der Waals surface area contributed by atoms with Crippen LogP contribution in [-0.4, -0.2) is 18.8 Å². The van der Waals surface area contributed by atoms with Crippen LogP contribution in [0.3, 0.4) is 0 Å². The molecule has 0 aromatic heterocycles. The highest BCUT2D eigenvalue weighted by molar-refractivity contribution is 6.33. The number of carbonyl (C=O) groups excluding carboxylic acids is 1. The van der Waals surface area contributed by atoms with Crippen LogP contribution >= 0.6 is 11.6 Å². The van der Waals surface area contributed by atoms with Crippen molar-refractivity contribution in [3.8, 4) is 5.75 Å². The van der Waals surface area contributed by atoms with E-state index in [0.29, 0.717) is 5.69 Å². The van der Waals surface area contributed by atoms with Crippen molar-refractivity contribution in [3.63, 3.8) is 0 Å². The Morgan fingerprint density at radius 2 is 1.81 bits per heavy atom. The maximum Gasteiger partial charge on any atom is 0.119 e. The molecule has 0 fully saturated rings. The largest absolute Gasteiger partial charge is 0.545 e. The van der Waals surface area contributed by atoms with E-state index in [0.717, 1.165) is 27.8 Å². The summed E-state index contributed by atoms with van der Waals surface area (Å²) in [5.41, 5.74) is 4.99. The molecule has 0 radical (unpaired) electrons. The minimum absolute atomic E-state index is 0.0795. The lowest BCUT2D eigenvalue weighted by Crippen LogP contribution is -2.22. The predicted octanol–water partition coefficient (Wildman–Crippen LogP) is 3.70. The number of rotatable bonds is 5. The van der Waals surface area contributed by atoms with E-state index in [4.69, 9.17) is 16.3 Å². The number of carboxylic acids is 1. The number of aromatic carboxylic acids is 1. The molecule has 0 bridgehead atoms. The number of nitrogens with one attached hydrogen (secondary N) is 1. The lowest BCUT2D eigenvalue weighted by Gasteiger charge is -2.09. The van der Waals surface area contributed by atoms with Crippen LogP contribution in [0.15, 0.2) is 59.7 Å². The zero-order valence-corrected chi connectivity index (χ0v) is 15.0. The molecular formula is C20H16ClN2O3-. The molecule has 0 aliphatic rings. The first kappa shape index (κ1) is 17.8. The monoisotopic (exact) mass is 367 g/mol. The molecule has 0 atom stereocenters. The predicted molar refractivity (Wildman–Crippen MR) is 102 cm³/mol. The van der Waals surface area contributed by atoms with E-state index in [1.807, 2.05) is 43.3 Å². The smallest absolute Gasteiger partial charge is 0.119 e. The summed E-state index contributed by atoms with van der Waals surface area (Å²) < 4.78 is 5.23. The molecule has 0 heterocycles. The summed E-state index contributed by atoms with van der Waals surface area (Å²) in [6.07, 6.45) is 0. The van der Waals surface area contributed by atoms with Gasteiger partial charge in [0.2, 0.25) is 0 Å². The van der Waals surface area contributed by atoms with Gasteiger partial charge < -0.3 is 14.6 Å². The number of ether oxygens (including phenoxy) is 1. The number of halogens is 1.